The second-order valence-corrected chi connectivity index (χ2v) is 4.46. The third-order valence-electron chi connectivity index (χ3n) is 3.22. The summed E-state index contributed by atoms with van der Waals surface area (Å²) in [7, 11) is 1.37. The topological polar surface area (TPSA) is 67.6 Å². The third-order valence-corrected chi connectivity index (χ3v) is 3.22. The zero-order chi connectivity index (χ0) is 14.4. The van der Waals surface area contributed by atoms with Gasteiger partial charge in [-0.05, 0) is 18.2 Å². The lowest BCUT2D eigenvalue weighted by atomic mass is 10.1. The van der Waals surface area contributed by atoms with Gasteiger partial charge in [0.25, 0.3) is 0 Å². The molecule has 0 saturated carbocycles. The van der Waals surface area contributed by atoms with E-state index in [1.165, 1.54) is 7.11 Å². The molecule has 20 heavy (non-hydrogen) atoms. The van der Waals surface area contributed by atoms with Crippen LogP contribution in [0, 0.1) is 11.8 Å². The van der Waals surface area contributed by atoms with Gasteiger partial charge in [0.15, 0.2) is 0 Å². The highest BCUT2D eigenvalue weighted by molar-refractivity contribution is 5.93. The van der Waals surface area contributed by atoms with Gasteiger partial charge in [-0.3, -0.25) is 0 Å². The molecule has 1 aromatic rings. The van der Waals surface area contributed by atoms with Gasteiger partial charge >= 0.3 is 5.97 Å². The summed E-state index contributed by atoms with van der Waals surface area (Å²) in [4.78, 5) is 14.1. The molecule has 1 aliphatic rings. The molecule has 106 valence electrons. The molecule has 5 nitrogen and oxygen atoms in total. The Kier molecular flexibility index (Phi) is 4.99. The standard InChI is InChI=1S/C15H19N3O2/c1-20-15(19)14-11-13(18-9-7-17-8-10-18)5-4-12(14)3-2-6-16/h4-5,11,17H,6-10,16H2,1H3. The number of piperazine rings is 1. The monoisotopic (exact) mass is 273 g/mol. The smallest absolute Gasteiger partial charge is 0.339 e. The molecule has 1 fully saturated rings. The van der Waals surface area contributed by atoms with Crippen molar-refractivity contribution < 1.29 is 9.53 Å². The van der Waals surface area contributed by atoms with E-state index in [1.807, 2.05) is 18.2 Å². The Morgan fingerprint density at radius 3 is 2.85 bits per heavy atom. The first-order valence-corrected chi connectivity index (χ1v) is 6.63. The van der Waals surface area contributed by atoms with Crippen molar-refractivity contribution >= 4 is 11.7 Å². The molecule has 0 unspecified atom stereocenters. The fraction of sp³-hybridized carbons (Fsp3) is 0.400. The third kappa shape index (κ3) is 3.29. The lowest BCUT2D eigenvalue weighted by molar-refractivity contribution is 0.0600. The van der Waals surface area contributed by atoms with Crippen LogP contribution < -0.4 is 16.0 Å². The molecule has 1 saturated heterocycles. The maximum absolute atomic E-state index is 11.9. The van der Waals surface area contributed by atoms with Crippen LogP contribution in [0.15, 0.2) is 18.2 Å². The van der Waals surface area contributed by atoms with Crippen molar-refractivity contribution in [2.75, 3.05) is 44.7 Å². The number of benzene rings is 1. The van der Waals surface area contributed by atoms with Crippen LogP contribution in [-0.2, 0) is 4.74 Å². The molecule has 0 bridgehead atoms. The number of nitrogens with one attached hydrogen (secondary N) is 1. The minimum Gasteiger partial charge on any atom is -0.465 e. The predicted molar refractivity (Wildman–Crippen MR) is 78.8 cm³/mol. The quantitative estimate of drug-likeness (QED) is 0.595. The Morgan fingerprint density at radius 1 is 1.45 bits per heavy atom. The first-order valence-electron chi connectivity index (χ1n) is 6.63. The Morgan fingerprint density at radius 2 is 2.20 bits per heavy atom. The van der Waals surface area contributed by atoms with Crippen LogP contribution in [0.1, 0.15) is 15.9 Å². The fourth-order valence-corrected chi connectivity index (χ4v) is 2.19. The van der Waals surface area contributed by atoms with Crippen LogP contribution in [0.4, 0.5) is 5.69 Å². The number of hydrogen-bond donors (Lipinski definition) is 2. The van der Waals surface area contributed by atoms with Crippen molar-refractivity contribution in [3.8, 4) is 11.8 Å². The predicted octanol–water partition coefficient (Wildman–Crippen LogP) is 0.193. The molecule has 1 aliphatic heterocycles. The van der Waals surface area contributed by atoms with Crippen LogP contribution in [0.3, 0.4) is 0 Å². The normalized spacial score (nSPS) is 14.4. The van der Waals surface area contributed by atoms with E-state index >= 15 is 0 Å². The summed E-state index contributed by atoms with van der Waals surface area (Å²) in [5.41, 5.74) is 7.54. The number of nitrogens with two attached hydrogens (primary N) is 1. The van der Waals surface area contributed by atoms with E-state index in [9.17, 15) is 4.79 Å². The zero-order valence-electron chi connectivity index (χ0n) is 11.6. The Bertz CT molecular complexity index is 540. The molecule has 0 aromatic heterocycles. The van der Waals surface area contributed by atoms with Gasteiger partial charge in [-0.1, -0.05) is 11.8 Å². The van der Waals surface area contributed by atoms with Crippen LogP contribution in [-0.4, -0.2) is 45.8 Å². The fourth-order valence-electron chi connectivity index (χ4n) is 2.19. The van der Waals surface area contributed by atoms with E-state index in [4.69, 9.17) is 10.5 Å². The van der Waals surface area contributed by atoms with Crippen molar-refractivity contribution in [1.29, 1.82) is 0 Å². The highest BCUT2D eigenvalue weighted by Crippen LogP contribution is 2.20. The van der Waals surface area contributed by atoms with Crippen LogP contribution in [0.2, 0.25) is 0 Å². The Labute approximate surface area is 119 Å². The zero-order valence-corrected chi connectivity index (χ0v) is 11.6. The summed E-state index contributed by atoms with van der Waals surface area (Å²) in [6, 6.07) is 5.68. The van der Waals surface area contributed by atoms with Gasteiger partial charge < -0.3 is 20.7 Å². The summed E-state index contributed by atoms with van der Waals surface area (Å²) in [5, 5.41) is 3.30. The van der Waals surface area contributed by atoms with Crippen molar-refractivity contribution in [2.24, 2.45) is 5.73 Å². The summed E-state index contributed by atoms with van der Waals surface area (Å²) < 4.78 is 4.83. The van der Waals surface area contributed by atoms with Crippen LogP contribution in [0.5, 0.6) is 0 Å². The molecule has 0 spiro atoms. The van der Waals surface area contributed by atoms with Crippen molar-refractivity contribution in [2.45, 2.75) is 0 Å². The van der Waals surface area contributed by atoms with Crippen molar-refractivity contribution in [3.63, 3.8) is 0 Å². The number of hydrogen-bond acceptors (Lipinski definition) is 5. The molecule has 0 radical (unpaired) electrons. The van der Waals surface area contributed by atoms with Gasteiger partial charge in [-0.25, -0.2) is 4.79 Å². The number of methoxy groups -OCH3 is 1. The number of carbonyl (C=O) groups is 1. The number of nitrogens with zero attached hydrogens (tertiary/aromatic N) is 1. The highest BCUT2D eigenvalue weighted by Gasteiger charge is 2.16. The van der Waals surface area contributed by atoms with E-state index in [0.29, 0.717) is 11.1 Å². The van der Waals surface area contributed by atoms with Gasteiger partial charge in [-0.15, -0.1) is 0 Å². The molecule has 1 heterocycles. The largest absolute Gasteiger partial charge is 0.465 e. The maximum Gasteiger partial charge on any atom is 0.339 e. The van der Waals surface area contributed by atoms with E-state index in [-0.39, 0.29) is 12.5 Å². The average Bonchev–Trinajstić information content (AvgIpc) is 2.53. The minimum atomic E-state index is -0.372. The summed E-state index contributed by atoms with van der Waals surface area (Å²) in [5.74, 6) is 5.31. The van der Waals surface area contributed by atoms with Crippen LogP contribution in [0.25, 0.3) is 0 Å². The lowest BCUT2D eigenvalue weighted by Gasteiger charge is -2.29. The maximum atomic E-state index is 11.9. The molecular weight excluding hydrogens is 254 g/mol. The van der Waals surface area contributed by atoms with Crippen LogP contribution >= 0.6 is 0 Å². The first kappa shape index (κ1) is 14.4. The molecule has 0 amide bonds. The van der Waals surface area contributed by atoms with Gasteiger partial charge in [0.2, 0.25) is 0 Å². The Hall–Kier alpha value is -2.03. The number of esters is 1. The molecule has 0 aliphatic carbocycles. The second-order valence-electron chi connectivity index (χ2n) is 4.46. The van der Waals surface area contributed by atoms with Gasteiger partial charge in [0, 0.05) is 37.4 Å². The number of ether oxygens (including phenoxy) is 1. The van der Waals surface area contributed by atoms with Crippen molar-refractivity contribution in [1.82, 2.24) is 5.32 Å². The Balaban J connectivity index is 2.34. The number of rotatable bonds is 2. The first-order chi connectivity index (χ1) is 9.76. The number of anilines is 1. The number of carbonyl (C=O) groups excluding carboxylic acids is 1. The lowest BCUT2D eigenvalue weighted by Crippen LogP contribution is -2.43. The van der Waals surface area contributed by atoms with Gasteiger partial charge in [0.1, 0.15) is 0 Å². The SMILES string of the molecule is COC(=O)c1cc(N2CCNCC2)ccc1C#CCN. The minimum absolute atomic E-state index is 0.264. The highest BCUT2D eigenvalue weighted by atomic mass is 16.5. The molecular formula is C15H19N3O2. The molecule has 5 heteroatoms. The van der Waals surface area contributed by atoms with Gasteiger partial charge in [-0.2, -0.15) is 0 Å². The summed E-state index contributed by atoms with van der Waals surface area (Å²) in [6.45, 7) is 4.01. The molecule has 0 atom stereocenters. The second kappa shape index (κ2) is 6.94. The average molecular weight is 273 g/mol. The van der Waals surface area contributed by atoms with E-state index in [0.717, 1.165) is 31.9 Å². The summed E-state index contributed by atoms with van der Waals surface area (Å²) >= 11 is 0. The summed E-state index contributed by atoms with van der Waals surface area (Å²) in [6.07, 6.45) is 0. The van der Waals surface area contributed by atoms with Crippen molar-refractivity contribution in [3.05, 3.63) is 29.3 Å². The molecule has 3 N–H and O–H groups in total. The molecule has 1 aromatic carbocycles. The van der Waals surface area contributed by atoms with Gasteiger partial charge in [0.05, 0.1) is 19.2 Å². The molecule has 2 rings (SSSR count). The van der Waals surface area contributed by atoms with E-state index < -0.39 is 0 Å². The van der Waals surface area contributed by atoms with E-state index in [1.54, 1.807) is 0 Å². The van der Waals surface area contributed by atoms with E-state index in [2.05, 4.69) is 22.1 Å².